The van der Waals surface area contributed by atoms with E-state index in [1.165, 1.54) is 25.7 Å². The molecule has 0 spiro atoms. The first kappa shape index (κ1) is 13.8. The molecule has 104 valence electrons. The van der Waals surface area contributed by atoms with Crippen molar-refractivity contribution in [2.24, 2.45) is 17.4 Å². The van der Waals surface area contributed by atoms with Crippen molar-refractivity contribution in [2.45, 2.75) is 38.6 Å². The molecular weight excluding hydrogens is 240 g/mol. The Balaban J connectivity index is 2.20. The maximum atomic E-state index is 11.4. The van der Waals surface area contributed by atoms with Gasteiger partial charge in [-0.2, -0.15) is 0 Å². The van der Waals surface area contributed by atoms with E-state index in [2.05, 4.69) is 10.3 Å². The number of carbonyl (C=O) groups excluding carboxylic acids is 1. The fourth-order valence-corrected chi connectivity index (χ4v) is 2.77. The summed E-state index contributed by atoms with van der Waals surface area (Å²) in [6, 6.07) is 3.67. The second-order valence-electron chi connectivity index (χ2n) is 5.24. The molecule has 0 radical (unpaired) electrons. The van der Waals surface area contributed by atoms with Gasteiger partial charge in [0.1, 0.15) is 5.82 Å². The summed E-state index contributed by atoms with van der Waals surface area (Å²) in [6.07, 6.45) is 4.89. The van der Waals surface area contributed by atoms with Crippen LogP contribution >= 0.6 is 0 Å². The van der Waals surface area contributed by atoms with Crippen LogP contribution in [0.1, 0.15) is 41.7 Å². The van der Waals surface area contributed by atoms with Gasteiger partial charge in [0.2, 0.25) is 0 Å². The van der Waals surface area contributed by atoms with Crippen LogP contribution in [0.5, 0.6) is 0 Å². The van der Waals surface area contributed by atoms with E-state index in [4.69, 9.17) is 11.5 Å². The van der Waals surface area contributed by atoms with Crippen molar-refractivity contribution in [3.8, 4) is 0 Å². The monoisotopic (exact) mass is 262 g/mol. The molecule has 1 unspecified atom stereocenters. The molecule has 1 aromatic rings. The predicted octanol–water partition coefficient (Wildman–Crippen LogP) is 1.42. The van der Waals surface area contributed by atoms with Crippen molar-refractivity contribution in [3.05, 3.63) is 23.4 Å². The lowest BCUT2D eigenvalue weighted by molar-refractivity contribution is 0.100. The van der Waals surface area contributed by atoms with Crippen LogP contribution in [0.25, 0.3) is 0 Å². The summed E-state index contributed by atoms with van der Waals surface area (Å²) in [6.45, 7) is 2.43. The summed E-state index contributed by atoms with van der Waals surface area (Å²) in [5, 5.41) is 3.32. The highest BCUT2D eigenvalue weighted by molar-refractivity contribution is 5.97. The molecule has 1 atom stereocenters. The number of hydrogen-bond acceptors (Lipinski definition) is 4. The number of rotatable bonds is 5. The highest BCUT2D eigenvalue weighted by atomic mass is 16.1. The van der Waals surface area contributed by atoms with Crippen molar-refractivity contribution in [1.82, 2.24) is 4.98 Å². The second-order valence-corrected chi connectivity index (χ2v) is 5.24. The summed E-state index contributed by atoms with van der Waals surface area (Å²) in [4.78, 5) is 15.8. The fourth-order valence-electron chi connectivity index (χ4n) is 2.77. The van der Waals surface area contributed by atoms with Gasteiger partial charge in [-0.15, -0.1) is 0 Å². The Morgan fingerprint density at radius 1 is 1.47 bits per heavy atom. The van der Waals surface area contributed by atoms with E-state index >= 15 is 0 Å². The number of aryl methyl sites for hydroxylation is 1. The molecule has 1 heterocycles. The summed E-state index contributed by atoms with van der Waals surface area (Å²) in [5.74, 6) is 0.667. The maximum absolute atomic E-state index is 11.4. The van der Waals surface area contributed by atoms with Gasteiger partial charge < -0.3 is 16.8 Å². The van der Waals surface area contributed by atoms with Crippen molar-refractivity contribution < 1.29 is 4.79 Å². The van der Waals surface area contributed by atoms with Crippen molar-refractivity contribution in [1.29, 1.82) is 0 Å². The Kier molecular flexibility index (Phi) is 4.37. The minimum Gasteiger partial charge on any atom is -0.365 e. The lowest BCUT2D eigenvalue weighted by Crippen LogP contribution is -2.36. The number of pyridine rings is 1. The highest BCUT2D eigenvalue weighted by Gasteiger charge is 2.25. The molecule has 2 rings (SSSR count). The highest BCUT2D eigenvalue weighted by Crippen LogP contribution is 2.29. The van der Waals surface area contributed by atoms with Crippen molar-refractivity contribution in [3.63, 3.8) is 0 Å². The SMILES string of the molecule is Cc1ccc(C(N)=O)c(NC(CN)C2CCCC2)n1. The van der Waals surface area contributed by atoms with Crippen LogP contribution in [0.15, 0.2) is 12.1 Å². The van der Waals surface area contributed by atoms with E-state index in [1.807, 2.05) is 6.92 Å². The minimum absolute atomic E-state index is 0.162. The van der Waals surface area contributed by atoms with E-state index in [0.717, 1.165) is 5.69 Å². The van der Waals surface area contributed by atoms with Crippen LogP contribution in [0, 0.1) is 12.8 Å². The standard InChI is InChI=1S/C14H22N4O/c1-9-6-7-11(13(16)19)14(17-9)18-12(8-15)10-4-2-3-5-10/h6-7,10,12H,2-5,8,15H2,1H3,(H2,16,19)(H,17,18). The lowest BCUT2D eigenvalue weighted by Gasteiger charge is -2.24. The zero-order chi connectivity index (χ0) is 13.8. The van der Waals surface area contributed by atoms with E-state index in [0.29, 0.717) is 23.8 Å². The molecule has 1 aromatic heterocycles. The van der Waals surface area contributed by atoms with Gasteiger partial charge in [-0.05, 0) is 37.8 Å². The Morgan fingerprint density at radius 2 is 2.16 bits per heavy atom. The molecule has 0 aromatic carbocycles. The molecule has 5 nitrogen and oxygen atoms in total. The number of hydrogen-bond donors (Lipinski definition) is 3. The summed E-state index contributed by atoms with van der Waals surface area (Å²) in [7, 11) is 0. The number of amides is 1. The van der Waals surface area contributed by atoms with Crippen LogP contribution in [0.2, 0.25) is 0 Å². The third-order valence-corrected chi connectivity index (χ3v) is 3.84. The Hall–Kier alpha value is -1.62. The molecule has 1 aliphatic rings. The van der Waals surface area contributed by atoms with Crippen LogP contribution < -0.4 is 16.8 Å². The number of nitrogens with two attached hydrogens (primary N) is 2. The van der Waals surface area contributed by atoms with Crippen LogP contribution in [0.4, 0.5) is 5.82 Å². The molecule has 5 N–H and O–H groups in total. The quantitative estimate of drug-likeness (QED) is 0.748. The number of nitrogens with one attached hydrogen (secondary N) is 1. The number of anilines is 1. The maximum Gasteiger partial charge on any atom is 0.252 e. The van der Waals surface area contributed by atoms with E-state index in [1.54, 1.807) is 12.1 Å². The van der Waals surface area contributed by atoms with Gasteiger partial charge in [-0.3, -0.25) is 4.79 Å². The van der Waals surface area contributed by atoms with Crippen LogP contribution in [0.3, 0.4) is 0 Å². The third kappa shape index (κ3) is 3.23. The van der Waals surface area contributed by atoms with E-state index in [-0.39, 0.29) is 6.04 Å². The second kappa shape index (κ2) is 6.02. The first-order valence-corrected chi connectivity index (χ1v) is 6.86. The molecule has 1 fully saturated rings. The van der Waals surface area contributed by atoms with Gasteiger partial charge in [0, 0.05) is 18.3 Å². The topological polar surface area (TPSA) is 94.0 Å². The van der Waals surface area contributed by atoms with Gasteiger partial charge in [0.25, 0.3) is 5.91 Å². The van der Waals surface area contributed by atoms with Crippen LogP contribution in [-0.4, -0.2) is 23.5 Å². The average Bonchev–Trinajstić information content (AvgIpc) is 2.89. The fraction of sp³-hybridized carbons (Fsp3) is 0.571. The van der Waals surface area contributed by atoms with Crippen molar-refractivity contribution >= 4 is 11.7 Å². The number of carbonyl (C=O) groups is 1. The minimum atomic E-state index is -0.461. The molecule has 1 aliphatic carbocycles. The number of primary amides is 1. The molecular formula is C14H22N4O. The zero-order valence-corrected chi connectivity index (χ0v) is 11.4. The lowest BCUT2D eigenvalue weighted by atomic mass is 9.98. The molecule has 19 heavy (non-hydrogen) atoms. The Labute approximate surface area is 113 Å². The normalized spacial score (nSPS) is 17.4. The van der Waals surface area contributed by atoms with E-state index in [9.17, 15) is 4.79 Å². The van der Waals surface area contributed by atoms with Gasteiger partial charge in [-0.25, -0.2) is 4.98 Å². The number of aromatic nitrogens is 1. The predicted molar refractivity (Wildman–Crippen MR) is 75.9 cm³/mol. The number of nitrogens with zero attached hydrogens (tertiary/aromatic N) is 1. The van der Waals surface area contributed by atoms with Crippen molar-refractivity contribution in [2.75, 3.05) is 11.9 Å². The van der Waals surface area contributed by atoms with Crippen LogP contribution in [-0.2, 0) is 0 Å². The van der Waals surface area contributed by atoms with Gasteiger partial charge in [0.15, 0.2) is 0 Å². The molecule has 0 aliphatic heterocycles. The molecule has 0 bridgehead atoms. The average molecular weight is 262 g/mol. The van der Waals surface area contributed by atoms with Gasteiger partial charge >= 0.3 is 0 Å². The first-order valence-electron chi connectivity index (χ1n) is 6.86. The smallest absolute Gasteiger partial charge is 0.252 e. The molecule has 1 amide bonds. The molecule has 1 saturated carbocycles. The van der Waals surface area contributed by atoms with E-state index < -0.39 is 5.91 Å². The molecule has 0 saturated heterocycles. The first-order chi connectivity index (χ1) is 9.11. The van der Waals surface area contributed by atoms with Gasteiger partial charge in [0.05, 0.1) is 5.56 Å². The summed E-state index contributed by atoms with van der Waals surface area (Å²) < 4.78 is 0. The largest absolute Gasteiger partial charge is 0.365 e. The summed E-state index contributed by atoms with van der Waals surface area (Å²) >= 11 is 0. The Morgan fingerprint density at radius 3 is 2.74 bits per heavy atom. The Bertz CT molecular complexity index is 455. The molecule has 5 heteroatoms. The summed E-state index contributed by atoms with van der Waals surface area (Å²) in [5.41, 5.74) is 12.5. The third-order valence-electron chi connectivity index (χ3n) is 3.84. The van der Waals surface area contributed by atoms with Gasteiger partial charge in [-0.1, -0.05) is 12.8 Å². The zero-order valence-electron chi connectivity index (χ0n) is 11.4.